The van der Waals surface area contributed by atoms with Crippen molar-refractivity contribution in [1.82, 2.24) is 4.90 Å². The summed E-state index contributed by atoms with van der Waals surface area (Å²) in [4.78, 5) is 13.3. The summed E-state index contributed by atoms with van der Waals surface area (Å²) in [7, 11) is 4.11. The zero-order chi connectivity index (χ0) is 26.7. The van der Waals surface area contributed by atoms with Gasteiger partial charge >= 0.3 is 0 Å². The van der Waals surface area contributed by atoms with Gasteiger partial charge in [-0.05, 0) is 118 Å². The highest BCUT2D eigenvalue weighted by atomic mass is 16.3. The third-order valence-corrected chi connectivity index (χ3v) is 11.4. The van der Waals surface area contributed by atoms with Crippen LogP contribution in [0.25, 0.3) is 0 Å². The van der Waals surface area contributed by atoms with Crippen molar-refractivity contribution in [1.29, 1.82) is 0 Å². The van der Waals surface area contributed by atoms with Crippen LogP contribution in [0.2, 0.25) is 0 Å². The van der Waals surface area contributed by atoms with Gasteiger partial charge in [-0.25, -0.2) is 0 Å². The first-order valence-corrected chi connectivity index (χ1v) is 15.2. The Bertz CT molecular complexity index is 763. The van der Waals surface area contributed by atoms with Crippen LogP contribution in [0.15, 0.2) is 11.6 Å². The monoisotopic (exact) mass is 502 g/mol. The van der Waals surface area contributed by atoms with Crippen LogP contribution in [-0.2, 0) is 4.79 Å². The number of allylic oxidation sites excluding steroid dienone is 1. The topological polar surface area (TPSA) is 66.6 Å². The van der Waals surface area contributed by atoms with Gasteiger partial charge in [0.05, 0.1) is 6.10 Å². The molecule has 3 saturated carbocycles. The van der Waals surface area contributed by atoms with Crippen LogP contribution in [0, 0.1) is 46.3 Å². The third kappa shape index (κ3) is 6.40. The van der Waals surface area contributed by atoms with E-state index in [0.717, 1.165) is 55.4 Å². The summed E-state index contributed by atoms with van der Waals surface area (Å²) < 4.78 is 0. The Balaban J connectivity index is 0.000000658. The van der Waals surface area contributed by atoms with Gasteiger partial charge in [0.15, 0.2) is 0 Å². The number of hydrogen-bond donors (Lipinski definition) is 2. The van der Waals surface area contributed by atoms with Crippen molar-refractivity contribution < 1.29 is 9.90 Å². The van der Waals surface area contributed by atoms with E-state index in [0.29, 0.717) is 23.2 Å². The van der Waals surface area contributed by atoms with Crippen LogP contribution in [0.1, 0.15) is 112 Å². The molecule has 4 rings (SSSR count). The second-order valence-corrected chi connectivity index (χ2v) is 14.0. The third-order valence-electron chi connectivity index (χ3n) is 11.4. The van der Waals surface area contributed by atoms with E-state index in [4.69, 9.17) is 5.73 Å². The van der Waals surface area contributed by atoms with Crippen molar-refractivity contribution in [3.05, 3.63) is 11.6 Å². The lowest BCUT2D eigenvalue weighted by molar-refractivity contribution is -0.118. The van der Waals surface area contributed by atoms with Gasteiger partial charge < -0.3 is 15.7 Å². The number of nitrogens with zero attached hydrogens (tertiary/aromatic N) is 1. The number of primary amides is 1. The van der Waals surface area contributed by atoms with E-state index in [-0.39, 0.29) is 12.0 Å². The molecule has 1 amide bonds. The summed E-state index contributed by atoms with van der Waals surface area (Å²) in [6.07, 6.45) is 16.6. The summed E-state index contributed by atoms with van der Waals surface area (Å²) in [6, 6.07) is 0. The normalized spacial score (nSPS) is 39.1. The Morgan fingerprint density at radius 3 is 2.44 bits per heavy atom. The van der Waals surface area contributed by atoms with Gasteiger partial charge in [0.25, 0.3) is 0 Å². The van der Waals surface area contributed by atoms with Crippen molar-refractivity contribution in [3.8, 4) is 0 Å². The van der Waals surface area contributed by atoms with E-state index in [1.807, 2.05) is 0 Å². The second-order valence-electron chi connectivity index (χ2n) is 14.0. The van der Waals surface area contributed by atoms with E-state index in [9.17, 15) is 9.90 Å². The van der Waals surface area contributed by atoms with E-state index in [2.05, 4.69) is 59.7 Å². The van der Waals surface area contributed by atoms with Crippen LogP contribution in [0.5, 0.6) is 0 Å². The number of hydrogen-bond acceptors (Lipinski definition) is 3. The molecule has 0 aromatic heterocycles. The summed E-state index contributed by atoms with van der Waals surface area (Å²) >= 11 is 0. The van der Waals surface area contributed by atoms with Crippen LogP contribution in [0.4, 0.5) is 0 Å². The fourth-order valence-corrected chi connectivity index (χ4v) is 9.05. The minimum absolute atomic E-state index is 0.105. The van der Waals surface area contributed by atoms with Gasteiger partial charge in [0.1, 0.15) is 0 Å². The largest absolute Gasteiger partial charge is 0.393 e. The second kappa shape index (κ2) is 12.3. The lowest BCUT2D eigenvalue weighted by Crippen LogP contribution is -2.50. The quantitative estimate of drug-likeness (QED) is 0.358. The van der Waals surface area contributed by atoms with Gasteiger partial charge in [-0.15, -0.1) is 0 Å². The van der Waals surface area contributed by atoms with Crippen molar-refractivity contribution in [3.63, 3.8) is 0 Å². The lowest BCUT2D eigenvalue weighted by Gasteiger charge is -2.58. The molecule has 4 heteroatoms. The zero-order valence-corrected chi connectivity index (χ0v) is 24.7. The van der Waals surface area contributed by atoms with Crippen LogP contribution < -0.4 is 5.73 Å². The lowest BCUT2D eigenvalue weighted by atomic mass is 9.47. The molecule has 2 unspecified atom stereocenters. The number of amides is 1. The Kier molecular flexibility index (Phi) is 10.2. The molecule has 0 saturated heterocycles. The molecule has 3 N–H and O–H groups in total. The van der Waals surface area contributed by atoms with Gasteiger partial charge in [-0.1, -0.05) is 65.5 Å². The summed E-state index contributed by atoms with van der Waals surface area (Å²) in [5.41, 5.74) is 7.82. The van der Waals surface area contributed by atoms with Gasteiger partial charge in [0.2, 0.25) is 5.91 Å². The molecular formula is C32H58N2O2. The fourth-order valence-electron chi connectivity index (χ4n) is 9.05. The smallest absolute Gasteiger partial charge is 0.217 e. The SMILES string of the molecule is CC(CCCC(C)[C@H]1CC[C@H]2[C@@H]3CC=C4C[C@@H](O)CC[C@]4(C)[C@H]3CC[C@]12C)CC(N)=O.CCN(C)C. The minimum atomic E-state index is -0.158. The molecule has 4 aliphatic rings. The number of aliphatic hydroxyl groups is 1. The highest BCUT2D eigenvalue weighted by Gasteiger charge is 2.59. The first-order chi connectivity index (χ1) is 16.9. The van der Waals surface area contributed by atoms with E-state index in [1.54, 1.807) is 5.57 Å². The Labute approximate surface area is 222 Å². The number of rotatable bonds is 8. The summed E-state index contributed by atoms with van der Waals surface area (Å²) in [5, 5.41) is 10.2. The molecule has 0 bridgehead atoms. The zero-order valence-electron chi connectivity index (χ0n) is 24.7. The van der Waals surface area contributed by atoms with Crippen molar-refractivity contribution >= 4 is 5.91 Å². The maximum absolute atomic E-state index is 11.2. The molecule has 0 radical (unpaired) electrons. The number of carbonyl (C=O) groups is 1. The molecule has 4 nitrogen and oxygen atoms in total. The molecule has 3 fully saturated rings. The fraction of sp³-hybridized carbons (Fsp3) is 0.906. The van der Waals surface area contributed by atoms with E-state index in [1.165, 1.54) is 51.4 Å². The molecule has 208 valence electrons. The molecule has 36 heavy (non-hydrogen) atoms. The molecular weight excluding hydrogens is 444 g/mol. The molecule has 0 heterocycles. The Hall–Kier alpha value is -0.870. The van der Waals surface area contributed by atoms with E-state index >= 15 is 0 Å². The van der Waals surface area contributed by atoms with Crippen LogP contribution in [-0.4, -0.2) is 42.7 Å². The van der Waals surface area contributed by atoms with Crippen molar-refractivity contribution in [2.24, 2.45) is 52.1 Å². The van der Waals surface area contributed by atoms with E-state index < -0.39 is 0 Å². The molecule has 9 atom stereocenters. The highest BCUT2D eigenvalue weighted by molar-refractivity contribution is 5.73. The standard InChI is InChI=1S/C28H47NO2.C4H11N/c1-18(16-26(29)31)6-5-7-19(2)23-10-11-24-22-9-8-20-17-21(30)12-14-27(20,3)25(22)13-15-28(23,24)4;1-4-5(2)3/h8,18-19,21-25,30H,5-7,9-17H2,1-4H3,(H2,29,31);4H2,1-3H3/t18?,19?,21-,22-,23+,24-,25-,27-,28+;/m0./s1. The first kappa shape index (κ1) is 29.7. The first-order valence-electron chi connectivity index (χ1n) is 15.2. The van der Waals surface area contributed by atoms with Gasteiger partial charge in [-0.3, -0.25) is 4.79 Å². The van der Waals surface area contributed by atoms with Gasteiger partial charge in [0, 0.05) is 6.42 Å². The predicted molar refractivity (Wildman–Crippen MR) is 151 cm³/mol. The van der Waals surface area contributed by atoms with Crippen molar-refractivity contribution in [2.75, 3.05) is 20.6 Å². The Morgan fingerprint density at radius 1 is 1.11 bits per heavy atom. The molecule has 0 aromatic carbocycles. The number of carbonyl (C=O) groups excluding carboxylic acids is 1. The van der Waals surface area contributed by atoms with Crippen LogP contribution >= 0.6 is 0 Å². The van der Waals surface area contributed by atoms with Crippen molar-refractivity contribution in [2.45, 2.75) is 118 Å². The summed E-state index contributed by atoms with van der Waals surface area (Å²) in [5.74, 6) is 4.48. The molecule has 4 aliphatic carbocycles. The summed E-state index contributed by atoms with van der Waals surface area (Å²) in [6.45, 7) is 13.1. The maximum Gasteiger partial charge on any atom is 0.217 e. The molecule has 0 aliphatic heterocycles. The number of aliphatic hydroxyl groups excluding tert-OH is 1. The highest BCUT2D eigenvalue weighted by Crippen LogP contribution is 2.67. The molecule has 0 aromatic rings. The maximum atomic E-state index is 11.2. The van der Waals surface area contributed by atoms with Crippen LogP contribution in [0.3, 0.4) is 0 Å². The predicted octanol–water partition coefficient (Wildman–Crippen LogP) is 6.81. The Morgan fingerprint density at radius 2 is 1.81 bits per heavy atom. The minimum Gasteiger partial charge on any atom is -0.393 e. The number of nitrogens with two attached hydrogens (primary N) is 1. The molecule has 0 spiro atoms. The van der Waals surface area contributed by atoms with Gasteiger partial charge in [-0.2, -0.15) is 0 Å². The average molecular weight is 503 g/mol. The average Bonchev–Trinajstić information content (AvgIpc) is 3.16. The number of fused-ring (bicyclic) bond motifs is 5.